The SMILES string of the molecule is Cc1ccc(S(=O)(=O)OC[C@]2(CO)O[C@@H](n3ccc(=O)[nH]c3=O)[C@H](OS(=O)(=O)c3ccc(C)cc3)[C@@H]2O)cc1. The smallest absolute Gasteiger partial charge is 0.330 e. The quantitative estimate of drug-likeness (QED) is 0.287. The third-order valence-corrected chi connectivity index (χ3v) is 8.80. The van der Waals surface area contributed by atoms with Gasteiger partial charge in [-0.2, -0.15) is 16.8 Å². The van der Waals surface area contributed by atoms with Gasteiger partial charge in [-0.3, -0.25) is 22.7 Å². The van der Waals surface area contributed by atoms with Gasteiger partial charge in [0, 0.05) is 12.3 Å². The molecule has 0 unspecified atom stereocenters. The van der Waals surface area contributed by atoms with Crippen molar-refractivity contribution in [2.24, 2.45) is 0 Å². The molecule has 4 atom stereocenters. The Hall–Kier alpha value is -3.18. The predicted molar refractivity (Wildman–Crippen MR) is 135 cm³/mol. The summed E-state index contributed by atoms with van der Waals surface area (Å²) in [6, 6.07) is 12.2. The summed E-state index contributed by atoms with van der Waals surface area (Å²) in [6.45, 7) is 1.46. The van der Waals surface area contributed by atoms with E-state index in [1.54, 1.807) is 13.8 Å². The number of nitrogens with one attached hydrogen (secondary N) is 1. The Morgan fingerprint density at radius 1 is 0.923 bits per heavy atom. The lowest BCUT2D eigenvalue weighted by Crippen LogP contribution is -2.51. The van der Waals surface area contributed by atoms with Gasteiger partial charge >= 0.3 is 5.69 Å². The minimum Gasteiger partial charge on any atom is -0.393 e. The first kappa shape index (κ1) is 28.8. The van der Waals surface area contributed by atoms with Gasteiger partial charge in [-0.15, -0.1) is 0 Å². The maximum absolute atomic E-state index is 13.1. The molecular weight excluding hydrogens is 556 g/mol. The van der Waals surface area contributed by atoms with Gasteiger partial charge in [0.05, 0.1) is 16.4 Å². The first-order chi connectivity index (χ1) is 18.3. The van der Waals surface area contributed by atoms with E-state index in [9.17, 15) is 36.6 Å². The van der Waals surface area contributed by atoms with E-state index in [1.807, 2.05) is 4.98 Å². The summed E-state index contributed by atoms with van der Waals surface area (Å²) in [7, 11) is -8.98. The van der Waals surface area contributed by atoms with E-state index in [0.717, 1.165) is 28.0 Å². The highest BCUT2D eigenvalue weighted by Gasteiger charge is 2.58. The Morgan fingerprint density at radius 2 is 1.46 bits per heavy atom. The second kappa shape index (κ2) is 10.8. The number of H-pyrrole nitrogens is 1. The number of aliphatic hydroxyl groups excluding tert-OH is 2. The van der Waals surface area contributed by atoms with Gasteiger partial charge < -0.3 is 14.9 Å². The van der Waals surface area contributed by atoms with Crippen LogP contribution in [0.25, 0.3) is 0 Å². The highest BCUT2D eigenvalue weighted by atomic mass is 32.2. The van der Waals surface area contributed by atoms with E-state index in [-0.39, 0.29) is 9.79 Å². The lowest BCUT2D eigenvalue weighted by atomic mass is 9.97. The van der Waals surface area contributed by atoms with E-state index < -0.39 is 68.7 Å². The molecule has 1 saturated heterocycles. The zero-order chi connectivity index (χ0) is 28.6. The standard InChI is InChI=1S/C24H26N2O11S2/c1-15-3-7-17(8-4-15)38(31,32)35-14-24(13-27)21(29)20(22(36-24)26-12-11-19(28)25-23(26)30)37-39(33,34)18-9-5-16(2)6-10-18/h3-12,20-22,27,29H,13-14H2,1-2H3,(H,25,28,30)/t20-,21+,22-,24+/m1/s1. The minimum absolute atomic E-state index is 0.211. The molecule has 1 aromatic heterocycles. The average molecular weight is 583 g/mol. The van der Waals surface area contributed by atoms with E-state index >= 15 is 0 Å². The summed E-state index contributed by atoms with van der Waals surface area (Å²) >= 11 is 0. The van der Waals surface area contributed by atoms with Crippen LogP contribution in [0.15, 0.2) is 80.2 Å². The molecule has 1 fully saturated rings. The van der Waals surface area contributed by atoms with Crippen molar-refractivity contribution in [1.82, 2.24) is 9.55 Å². The van der Waals surface area contributed by atoms with Crippen LogP contribution in [0.3, 0.4) is 0 Å². The van der Waals surface area contributed by atoms with Gasteiger partial charge in [-0.25, -0.2) is 4.79 Å². The van der Waals surface area contributed by atoms with Crippen LogP contribution < -0.4 is 11.2 Å². The third-order valence-electron chi connectivity index (χ3n) is 6.20. The zero-order valence-electron chi connectivity index (χ0n) is 20.8. The van der Waals surface area contributed by atoms with Crippen LogP contribution in [0, 0.1) is 13.8 Å². The highest BCUT2D eigenvalue weighted by molar-refractivity contribution is 7.87. The number of nitrogens with zero attached hydrogens (tertiary/aromatic N) is 1. The van der Waals surface area contributed by atoms with Crippen LogP contribution in [0.4, 0.5) is 0 Å². The molecule has 210 valence electrons. The molecule has 0 spiro atoms. The van der Waals surface area contributed by atoms with Crippen molar-refractivity contribution in [3.05, 3.63) is 92.8 Å². The molecule has 0 radical (unpaired) electrons. The van der Waals surface area contributed by atoms with Gasteiger partial charge in [-0.05, 0) is 38.1 Å². The molecule has 1 aliphatic rings. The summed E-state index contributed by atoms with van der Waals surface area (Å²) in [4.78, 5) is 25.6. The topological polar surface area (TPSA) is 191 Å². The number of ether oxygens (including phenoxy) is 1. The van der Waals surface area contributed by atoms with Crippen LogP contribution in [0.2, 0.25) is 0 Å². The number of aliphatic hydroxyl groups is 2. The fourth-order valence-corrected chi connectivity index (χ4v) is 5.96. The van der Waals surface area contributed by atoms with Gasteiger partial charge in [-0.1, -0.05) is 35.4 Å². The zero-order valence-corrected chi connectivity index (χ0v) is 22.4. The molecular formula is C24H26N2O11S2. The van der Waals surface area contributed by atoms with Gasteiger partial charge in [0.25, 0.3) is 25.8 Å². The van der Waals surface area contributed by atoms with Crippen molar-refractivity contribution in [2.45, 2.75) is 47.7 Å². The lowest BCUT2D eigenvalue weighted by molar-refractivity contribution is -0.145. The maximum Gasteiger partial charge on any atom is 0.330 e. The number of aromatic nitrogens is 2. The first-order valence-electron chi connectivity index (χ1n) is 11.5. The highest BCUT2D eigenvalue weighted by Crippen LogP contribution is 2.40. The van der Waals surface area contributed by atoms with Crippen LogP contribution in [0.5, 0.6) is 0 Å². The molecule has 4 rings (SSSR count). The molecule has 3 aromatic rings. The average Bonchev–Trinajstić information content (AvgIpc) is 3.14. The fraction of sp³-hybridized carbons (Fsp3) is 0.333. The Kier molecular flexibility index (Phi) is 7.96. The second-order valence-electron chi connectivity index (χ2n) is 9.05. The van der Waals surface area contributed by atoms with Crippen LogP contribution in [-0.4, -0.2) is 67.6 Å². The number of rotatable bonds is 9. The van der Waals surface area contributed by atoms with E-state index in [2.05, 4.69) is 0 Å². The number of hydrogen-bond acceptors (Lipinski definition) is 11. The van der Waals surface area contributed by atoms with Crippen LogP contribution >= 0.6 is 0 Å². The molecule has 13 nitrogen and oxygen atoms in total. The molecule has 0 amide bonds. The normalized spacial score (nSPS) is 23.6. The van der Waals surface area contributed by atoms with E-state index in [0.29, 0.717) is 0 Å². The van der Waals surface area contributed by atoms with E-state index in [1.165, 1.54) is 48.5 Å². The lowest BCUT2D eigenvalue weighted by Gasteiger charge is -2.29. The number of benzene rings is 2. The van der Waals surface area contributed by atoms with Crippen molar-refractivity contribution in [2.75, 3.05) is 13.2 Å². The molecule has 1 aliphatic heterocycles. The second-order valence-corrected chi connectivity index (χ2v) is 12.2. The minimum atomic E-state index is -4.57. The molecule has 0 bridgehead atoms. The number of aryl methyl sites for hydroxylation is 2. The summed E-state index contributed by atoms with van der Waals surface area (Å²) in [5.74, 6) is 0. The molecule has 2 aromatic carbocycles. The Bertz CT molecular complexity index is 1660. The first-order valence-corrected chi connectivity index (χ1v) is 14.3. The monoisotopic (exact) mass is 582 g/mol. The fourth-order valence-electron chi connectivity index (χ4n) is 3.93. The van der Waals surface area contributed by atoms with Gasteiger partial charge in [0.2, 0.25) is 0 Å². The molecule has 2 heterocycles. The van der Waals surface area contributed by atoms with Crippen molar-refractivity contribution in [3.63, 3.8) is 0 Å². The summed E-state index contributed by atoms with van der Waals surface area (Å²) in [5.41, 5.74) is -2.50. The molecule has 0 aliphatic carbocycles. The van der Waals surface area contributed by atoms with Crippen molar-refractivity contribution >= 4 is 20.2 Å². The molecule has 3 N–H and O–H groups in total. The van der Waals surface area contributed by atoms with Crippen molar-refractivity contribution in [3.8, 4) is 0 Å². The van der Waals surface area contributed by atoms with Crippen LogP contribution in [-0.2, 0) is 33.3 Å². The summed E-state index contributed by atoms with van der Waals surface area (Å²) in [5, 5.41) is 21.4. The van der Waals surface area contributed by atoms with Crippen molar-refractivity contribution < 1.29 is 40.2 Å². The van der Waals surface area contributed by atoms with Crippen molar-refractivity contribution in [1.29, 1.82) is 0 Å². The molecule has 0 saturated carbocycles. The molecule has 39 heavy (non-hydrogen) atoms. The maximum atomic E-state index is 13.1. The van der Waals surface area contributed by atoms with Crippen LogP contribution in [0.1, 0.15) is 17.4 Å². The Morgan fingerprint density at radius 3 is 1.97 bits per heavy atom. The Balaban J connectivity index is 1.71. The third kappa shape index (κ3) is 5.89. The molecule has 15 heteroatoms. The number of aromatic amines is 1. The van der Waals surface area contributed by atoms with Gasteiger partial charge in [0.15, 0.2) is 12.3 Å². The summed E-state index contributed by atoms with van der Waals surface area (Å²) < 4.78 is 68.5. The number of hydrogen-bond donors (Lipinski definition) is 3. The predicted octanol–water partition coefficient (Wildman–Crippen LogP) is -0.0462. The van der Waals surface area contributed by atoms with Gasteiger partial charge in [0.1, 0.15) is 18.3 Å². The van der Waals surface area contributed by atoms with E-state index in [4.69, 9.17) is 13.1 Å². The largest absolute Gasteiger partial charge is 0.393 e. The summed E-state index contributed by atoms with van der Waals surface area (Å²) in [6.07, 6.45) is -4.66. The Labute approximate surface area is 223 Å².